The van der Waals surface area contributed by atoms with E-state index in [0.29, 0.717) is 5.54 Å². The summed E-state index contributed by atoms with van der Waals surface area (Å²) < 4.78 is 0. The minimum absolute atomic E-state index is 0.266. The fourth-order valence-corrected chi connectivity index (χ4v) is 2.47. The van der Waals surface area contributed by atoms with Gasteiger partial charge in [-0.15, -0.1) is 0 Å². The Hall–Kier alpha value is -0.0800. The van der Waals surface area contributed by atoms with Crippen LogP contribution in [0.5, 0.6) is 0 Å². The Morgan fingerprint density at radius 1 is 1.27 bits per heavy atom. The van der Waals surface area contributed by atoms with E-state index in [1.54, 1.807) is 0 Å². The second-order valence-electron chi connectivity index (χ2n) is 5.79. The maximum atomic E-state index is 3.63. The molecule has 0 amide bonds. The van der Waals surface area contributed by atoms with Gasteiger partial charge in [-0.3, -0.25) is 4.90 Å². The smallest absolute Gasteiger partial charge is 0.0252 e. The lowest BCUT2D eigenvalue weighted by atomic mass is 9.91. The van der Waals surface area contributed by atoms with Crippen molar-refractivity contribution < 1.29 is 0 Å². The maximum absolute atomic E-state index is 3.63. The van der Waals surface area contributed by atoms with Crippen LogP contribution in [0.4, 0.5) is 0 Å². The van der Waals surface area contributed by atoms with Crippen molar-refractivity contribution in [1.29, 1.82) is 0 Å². The average molecular weight is 212 g/mol. The van der Waals surface area contributed by atoms with Gasteiger partial charge in [0.25, 0.3) is 0 Å². The van der Waals surface area contributed by atoms with Crippen LogP contribution >= 0.6 is 0 Å². The fraction of sp³-hybridized carbons (Fsp3) is 1.00. The molecule has 0 aromatic carbocycles. The Morgan fingerprint density at radius 2 is 1.87 bits per heavy atom. The highest BCUT2D eigenvalue weighted by atomic mass is 15.2. The molecular weight excluding hydrogens is 184 g/mol. The van der Waals surface area contributed by atoms with E-state index in [9.17, 15) is 0 Å². The van der Waals surface area contributed by atoms with Crippen molar-refractivity contribution in [3.8, 4) is 0 Å². The molecule has 1 aliphatic rings. The molecule has 1 rings (SSSR count). The van der Waals surface area contributed by atoms with Crippen molar-refractivity contribution in [1.82, 2.24) is 10.2 Å². The Kier molecular flexibility index (Phi) is 4.19. The van der Waals surface area contributed by atoms with Gasteiger partial charge in [-0.2, -0.15) is 0 Å². The molecule has 2 nitrogen and oxygen atoms in total. The Bertz CT molecular complexity index is 195. The second-order valence-corrected chi connectivity index (χ2v) is 5.79. The highest BCUT2D eigenvalue weighted by Crippen LogP contribution is 2.26. The first kappa shape index (κ1) is 13.0. The molecule has 1 aliphatic heterocycles. The summed E-state index contributed by atoms with van der Waals surface area (Å²) >= 11 is 0. The predicted molar refractivity (Wildman–Crippen MR) is 67.3 cm³/mol. The van der Waals surface area contributed by atoms with Crippen LogP contribution in [-0.4, -0.2) is 35.6 Å². The van der Waals surface area contributed by atoms with Crippen molar-refractivity contribution in [2.75, 3.05) is 19.6 Å². The van der Waals surface area contributed by atoms with Crippen LogP contribution in [0.3, 0.4) is 0 Å². The number of nitrogens with one attached hydrogen (secondary N) is 1. The quantitative estimate of drug-likeness (QED) is 0.773. The van der Waals surface area contributed by atoms with E-state index >= 15 is 0 Å². The molecule has 1 fully saturated rings. The molecule has 1 heterocycles. The van der Waals surface area contributed by atoms with E-state index < -0.39 is 0 Å². The zero-order valence-electron chi connectivity index (χ0n) is 11.2. The second kappa shape index (κ2) is 4.84. The van der Waals surface area contributed by atoms with Crippen LogP contribution in [0.25, 0.3) is 0 Å². The van der Waals surface area contributed by atoms with E-state index in [1.165, 1.54) is 32.4 Å². The average Bonchev–Trinajstić information content (AvgIpc) is 2.38. The normalized spacial score (nSPS) is 23.8. The largest absolute Gasteiger partial charge is 0.310 e. The third-order valence-corrected chi connectivity index (χ3v) is 4.08. The van der Waals surface area contributed by atoms with E-state index in [1.807, 2.05) is 0 Å². The molecule has 0 radical (unpaired) electrons. The van der Waals surface area contributed by atoms with Crippen molar-refractivity contribution in [2.24, 2.45) is 0 Å². The van der Waals surface area contributed by atoms with Crippen LogP contribution in [0.2, 0.25) is 0 Å². The standard InChI is InChI=1S/C13H28N2/c1-6-13(5,7-2)15-10-8-9-14-12(3,4)11-15/h14H,6-11H2,1-5H3. The summed E-state index contributed by atoms with van der Waals surface area (Å²) in [4.78, 5) is 2.69. The molecule has 2 heteroatoms. The lowest BCUT2D eigenvalue weighted by molar-refractivity contribution is 0.0794. The molecule has 0 aromatic rings. The lowest BCUT2D eigenvalue weighted by Gasteiger charge is -2.43. The zero-order valence-corrected chi connectivity index (χ0v) is 11.2. The predicted octanol–water partition coefficient (Wildman–Crippen LogP) is 2.64. The minimum atomic E-state index is 0.266. The third kappa shape index (κ3) is 3.18. The molecule has 0 atom stereocenters. The lowest BCUT2D eigenvalue weighted by Crippen LogP contribution is -2.53. The fourth-order valence-electron chi connectivity index (χ4n) is 2.47. The number of rotatable bonds is 3. The van der Waals surface area contributed by atoms with Gasteiger partial charge in [-0.1, -0.05) is 13.8 Å². The minimum Gasteiger partial charge on any atom is -0.310 e. The number of hydrogen-bond acceptors (Lipinski definition) is 2. The van der Waals surface area contributed by atoms with Crippen LogP contribution in [-0.2, 0) is 0 Å². The van der Waals surface area contributed by atoms with E-state index in [-0.39, 0.29) is 5.54 Å². The molecule has 0 bridgehead atoms. The van der Waals surface area contributed by atoms with Crippen LogP contribution in [0, 0.1) is 0 Å². The van der Waals surface area contributed by atoms with Crippen LogP contribution < -0.4 is 5.32 Å². The molecule has 0 unspecified atom stereocenters. The summed E-state index contributed by atoms with van der Waals surface area (Å²) in [5, 5.41) is 3.63. The third-order valence-electron chi connectivity index (χ3n) is 4.08. The van der Waals surface area contributed by atoms with Crippen molar-refractivity contribution >= 4 is 0 Å². The topological polar surface area (TPSA) is 15.3 Å². The highest BCUT2D eigenvalue weighted by molar-refractivity contribution is 4.92. The monoisotopic (exact) mass is 212 g/mol. The van der Waals surface area contributed by atoms with Crippen molar-refractivity contribution in [3.05, 3.63) is 0 Å². The van der Waals surface area contributed by atoms with Gasteiger partial charge in [0.15, 0.2) is 0 Å². The van der Waals surface area contributed by atoms with Gasteiger partial charge in [0.1, 0.15) is 0 Å². The molecule has 0 aromatic heterocycles. The molecule has 1 saturated heterocycles. The maximum Gasteiger partial charge on any atom is 0.0252 e. The first-order valence-corrected chi connectivity index (χ1v) is 6.43. The van der Waals surface area contributed by atoms with Gasteiger partial charge < -0.3 is 5.32 Å². The first-order valence-electron chi connectivity index (χ1n) is 6.43. The molecule has 15 heavy (non-hydrogen) atoms. The Labute approximate surface area is 95.4 Å². The molecule has 0 saturated carbocycles. The van der Waals surface area contributed by atoms with E-state index in [2.05, 4.69) is 44.8 Å². The molecular formula is C13H28N2. The Morgan fingerprint density at radius 3 is 2.40 bits per heavy atom. The number of hydrogen-bond donors (Lipinski definition) is 1. The van der Waals surface area contributed by atoms with Gasteiger partial charge >= 0.3 is 0 Å². The summed E-state index contributed by atoms with van der Waals surface area (Å²) in [5.41, 5.74) is 0.658. The molecule has 0 spiro atoms. The van der Waals surface area contributed by atoms with Crippen molar-refractivity contribution in [3.63, 3.8) is 0 Å². The highest BCUT2D eigenvalue weighted by Gasteiger charge is 2.33. The molecule has 1 N–H and O–H groups in total. The van der Waals surface area contributed by atoms with E-state index in [0.717, 1.165) is 6.54 Å². The molecule has 0 aliphatic carbocycles. The summed E-state index contributed by atoms with van der Waals surface area (Å²) in [6.07, 6.45) is 3.78. The SMILES string of the molecule is CCC(C)(CC)N1CCCNC(C)(C)C1. The van der Waals surface area contributed by atoms with Crippen LogP contribution in [0.15, 0.2) is 0 Å². The van der Waals surface area contributed by atoms with Gasteiger partial charge in [0.2, 0.25) is 0 Å². The van der Waals surface area contributed by atoms with Gasteiger partial charge in [0.05, 0.1) is 0 Å². The summed E-state index contributed by atoms with van der Waals surface area (Å²) in [6.45, 7) is 15.2. The zero-order chi connectivity index (χ0) is 11.5. The molecule has 90 valence electrons. The van der Waals surface area contributed by atoms with Crippen LogP contribution in [0.1, 0.15) is 53.9 Å². The summed E-state index contributed by atoms with van der Waals surface area (Å²) in [6, 6.07) is 0. The summed E-state index contributed by atoms with van der Waals surface area (Å²) in [5.74, 6) is 0. The first-order chi connectivity index (χ1) is 6.93. The van der Waals surface area contributed by atoms with Crippen molar-refractivity contribution in [2.45, 2.75) is 65.0 Å². The number of nitrogens with zero attached hydrogens (tertiary/aromatic N) is 1. The van der Waals surface area contributed by atoms with Gasteiger partial charge in [-0.25, -0.2) is 0 Å². The summed E-state index contributed by atoms with van der Waals surface area (Å²) in [7, 11) is 0. The van der Waals surface area contributed by atoms with Gasteiger partial charge in [-0.05, 0) is 53.1 Å². The Balaban J connectivity index is 2.75. The van der Waals surface area contributed by atoms with Gasteiger partial charge in [0, 0.05) is 17.6 Å². The van der Waals surface area contributed by atoms with E-state index in [4.69, 9.17) is 0 Å².